The third kappa shape index (κ3) is 14.4. The van der Waals surface area contributed by atoms with Gasteiger partial charge in [0.15, 0.2) is 5.78 Å². The largest absolute Gasteiger partial charge is 0.462 e. The highest BCUT2D eigenvalue weighted by Gasteiger charge is 2.07. The Hall–Kier alpha value is -5.04. The third-order valence-electron chi connectivity index (χ3n) is 5.64. The number of rotatable bonds is 10. The molecule has 7 heteroatoms. The number of hydrogen-bond acceptors (Lipinski definition) is 7. The molecule has 0 aliphatic carbocycles. The minimum atomic E-state index is -0.412. The molecule has 0 bridgehead atoms. The van der Waals surface area contributed by atoms with Gasteiger partial charge in [-0.05, 0) is 30.7 Å². The summed E-state index contributed by atoms with van der Waals surface area (Å²) in [5.41, 5.74) is 2.10. The fourth-order valence-corrected chi connectivity index (χ4v) is 3.63. The molecule has 4 aromatic carbocycles. The Kier molecular flexibility index (Phi) is 15.8. The van der Waals surface area contributed by atoms with Gasteiger partial charge in [-0.1, -0.05) is 111 Å². The third-order valence-corrected chi connectivity index (χ3v) is 5.64. The molecule has 0 saturated carbocycles. The summed E-state index contributed by atoms with van der Waals surface area (Å²) in [6, 6.07) is 34.0. The van der Waals surface area contributed by atoms with Crippen molar-refractivity contribution in [2.75, 3.05) is 6.61 Å². The maximum absolute atomic E-state index is 11.8. The second-order valence-corrected chi connectivity index (χ2v) is 9.29. The Bertz CT molecular complexity index is 1330. The average molecular weight is 583 g/mol. The van der Waals surface area contributed by atoms with E-state index in [1.165, 1.54) is 32.8 Å². The van der Waals surface area contributed by atoms with Gasteiger partial charge in [0.1, 0.15) is 11.5 Å². The fourth-order valence-electron chi connectivity index (χ4n) is 3.63. The van der Waals surface area contributed by atoms with E-state index >= 15 is 0 Å². The van der Waals surface area contributed by atoms with Crippen molar-refractivity contribution in [3.63, 3.8) is 0 Å². The van der Waals surface area contributed by atoms with E-state index in [0.717, 1.165) is 24.0 Å². The summed E-state index contributed by atoms with van der Waals surface area (Å²) < 4.78 is 14.7. The molecule has 0 spiro atoms. The topological polar surface area (TPSA) is 96.0 Å². The lowest BCUT2D eigenvalue weighted by Crippen LogP contribution is -2.06. The Labute approximate surface area is 253 Å². The molecule has 0 atom stereocenters. The summed E-state index contributed by atoms with van der Waals surface area (Å²) in [6.45, 7) is 5.31. The summed E-state index contributed by atoms with van der Waals surface area (Å²) in [5, 5.41) is 0. The van der Waals surface area contributed by atoms with Crippen LogP contribution in [0.1, 0.15) is 72.7 Å². The minimum absolute atomic E-state index is 0.0752. The normalized spacial score (nSPS) is 9.65. The van der Waals surface area contributed by atoms with Gasteiger partial charge in [-0.2, -0.15) is 0 Å². The zero-order chi connectivity index (χ0) is 31.3. The van der Waals surface area contributed by atoms with E-state index in [0.29, 0.717) is 23.7 Å². The van der Waals surface area contributed by atoms with Crippen LogP contribution in [0, 0.1) is 0 Å². The second-order valence-electron chi connectivity index (χ2n) is 9.29. The van der Waals surface area contributed by atoms with E-state index in [1.807, 2.05) is 78.9 Å². The summed E-state index contributed by atoms with van der Waals surface area (Å²) in [6.07, 6.45) is 4.51. The van der Waals surface area contributed by atoms with Crippen molar-refractivity contribution in [2.24, 2.45) is 0 Å². The molecule has 0 amide bonds. The average Bonchev–Trinajstić information content (AvgIpc) is 3.02. The molecule has 7 nitrogen and oxygen atoms in total. The van der Waals surface area contributed by atoms with Gasteiger partial charge >= 0.3 is 17.9 Å². The van der Waals surface area contributed by atoms with Crippen LogP contribution in [0.2, 0.25) is 0 Å². The van der Waals surface area contributed by atoms with Gasteiger partial charge in [0.05, 0.1) is 12.2 Å². The van der Waals surface area contributed by atoms with E-state index < -0.39 is 11.9 Å². The molecule has 224 valence electrons. The van der Waals surface area contributed by atoms with Crippen LogP contribution in [-0.2, 0) is 14.3 Å². The molecule has 4 rings (SSSR count). The van der Waals surface area contributed by atoms with Crippen molar-refractivity contribution in [1.29, 1.82) is 0 Å². The van der Waals surface area contributed by atoms with Crippen molar-refractivity contribution in [3.8, 4) is 11.5 Å². The van der Waals surface area contributed by atoms with Gasteiger partial charge in [-0.25, -0.2) is 4.79 Å². The molecule has 4 aromatic rings. The first-order valence-electron chi connectivity index (χ1n) is 14.1. The van der Waals surface area contributed by atoms with Crippen LogP contribution >= 0.6 is 0 Å². The van der Waals surface area contributed by atoms with Crippen LogP contribution < -0.4 is 9.47 Å². The van der Waals surface area contributed by atoms with Crippen LogP contribution in [0.3, 0.4) is 0 Å². The van der Waals surface area contributed by atoms with E-state index in [2.05, 4.69) is 6.92 Å². The zero-order valence-corrected chi connectivity index (χ0v) is 24.9. The smallest absolute Gasteiger partial charge is 0.338 e. The van der Waals surface area contributed by atoms with Crippen molar-refractivity contribution in [3.05, 3.63) is 132 Å². The molecule has 0 aromatic heterocycles. The van der Waals surface area contributed by atoms with Crippen LogP contribution in [0.25, 0.3) is 0 Å². The molecule has 0 saturated heterocycles. The number of carbonyl (C=O) groups is 4. The predicted octanol–water partition coefficient (Wildman–Crippen LogP) is 7.88. The van der Waals surface area contributed by atoms with Crippen molar-refractivity contribution < 1.29 is 33.4 Å². The molecule has 0 aliphatic heterocycles. The maximum atomic E-state index is 11.8. The van der Waals surface area contributed by atoms with Gasteiger partial charge in [-0.15, -0.1) is 0 Å². The highest BCUT2D eigenvalue weighted by Crippen LogP contribution is 2.19. The van der Waals surface area contributed by atoms with Crippen molar-refractivity contribution >= 4 is 23.7 Å². The maximum Gasteiger partial charge on any atom is 0.338 e. The lowest BCUT2D eigenvalue weighted by molar-refractivity contribution is -0.132. The molecule has 43 heavy (non-hydrogen) atoms. The van der Waals surface area contributed by atoms with E-state index in [4.69, 9.17) is 14.2 Å². The van der Waals surface area contributed by atoms with Crippen LogP contribution in [0.15, 0.2) is 115 Å². The standard InChI is InChI=1S/C13H18O2.C13H10O.C10H10O4/c1-2-3-4-8-11-15-13(14)12-9-6-5-7-10-12;14-13(11-7-3-1-4-8-11)12-9-5-2-6-10-12;1-7(11)13-9-4-3-5-10(6-9)14-8(2)12/h5-7,9-10H,2-4,8,11H2,1H3;1-10H;3-6H,1-2H3. The molecular weight excluding hydrogens is 544 g/mol. The molecule has 0 fully saturated rings. The quantitative estimate of drug-likeness (QED) is 0.0812. The highest BCUT2D eigenvalue weighted by atomic mass is 16.5. The fraction of sp³-hybridized carbons (Fsp3) is 0.222. The molecule has 0 aliphatic rings. The monoisotopic (exact) mass is 582 g/mol. The number of hydrogen-bond donors (Lipinski definition) is 0. The Morgan fingerprint density at radius 1 is 0.535 bits per heavy atom. The number of carbonyl (C=O) groups excluding carboxylic acids is 4. The zero-order valence-electron chi connectivity index (χ0n) is 24.9. The Morgan fingerprint density at radius 3 is 1.40 bits per heavy atom. The number of unbranched alkanes of at least 4 members (excludes halogenated alkanes) is 3. The number of ketones is 1. The lowest BCUT2D eigenvalue weighted by Gasteiger charge is -2.03. The Balaban J connectivity index is 0.000000225. The number of ether oxygens (including phenoxy) is 3. The first kappa shape index (κ1) is 34.2. The van der Waals surface area contributed by atoms with Crippen LogP contribution in [-0.4, -0.2) is 30.3 Å². The lowest BCUT2D eigenvalue weighted by atomic mass is 10.0. The molecule has 0 heterocycles. The van der Waals surface area contributed by atoms with Gasteiger partial charge in [0.25, 0.3) is 0 Å². The van der Waals surface area contributed by atoms with Gasteiger partial charge in [0, 0.05) is 31.0 Å². The minimum Gasteiger partial charge on any atom is -0.462 e. The van der Waals surface area contributed by atoms with Crippen LogP contribution in [0.5, 0.6) is 11.5 Å². The molecule has 0 N–H and O–H groups in total. The van der Waals surface area contributed by atoms with Crippen molar-refractivity contribution in [1.82, 2.24) is 0 Å². The summed E-state index contributed by atoms with van der Waals surface area (Å²) in [7, 11) is 0. The van der Waals surface area contributed by atoms with Crippen LogP contribution in [0.4, 0.5) is 0 Å². The first-order chi connectivity index (χ1) is 20.8. The Morgan fingerprint density at radius 2 is 0.977 bits per heavy atom. The van der Waals surface area contributed by atoms with Gasteiger partial charge in [-0.3, -0.25) is 14.4 Å². The first-order valence-corrected chi connectivity index (χ1v) is 14.1. The van der Waals surface area contributed by atoms with Gasteiger partial charge in [0.2, 0.25) is 0 Å². The summed E-state index contributed by atoms with van der Waals surface area (Å²) in [5.74, 6) is -0.249. The van der Waals surface area contributed by atoms with Crippen molar-refractivity contribution in [2.45, 2.75) is 46.5 Å². The molecule has 0 unspecified atom stereocenters. The van der Waals surface area contributed by atoms with Gasteiger partial charge < -0.3 is 14.2 Å². The SMILES string of the molecule is CC(=O)Oc1cccc(OC(C)=O)c1.CCCCCCOC(=O)c1ccccc1.O=C(c1ccccc1)c1ccccc1. The summed E-state index contributed by atoms with van der Waals surface area (Å²) >= 11 is 0. The van der Waals surface area contributed by atoms with E-state index in [-0.39, 0.29) is 11.8 Å². The predicted molar refractivity (Wildman–Crippen MR) is 166 cm³/mol. The number of esters is 3. The summed E-state index contributed by atoms with van der Waals surface area (Å²) in [4.78, 5) is 44.5. The highest BCUT2D eigenvalue weighted by molar-refractivity contribution is 6.08. The second kappa shape index (κ2) is 19.9. The number of benzene rings is 4. The molecular formula is C36H38O7. The van der Waals surface area contributed by atoms with E-state index in [1.54, 1.807) is 30.3 Å². The molecule has 0 radical (unpaired) electrons. The van der Waals surface area contributed by atoms with E-state index in [9.17, 15) is 19.2 Å².